The molecule has 2 N–H and O–H groups in total. The number of anilines is 1. The van der Waals surface area contributed by atoms with Crippen LogP contribution in [0.15, 0.2) is 28.1 Å². The summed E-state index contributed by atoms with van der Waals surface area (Å²) in [7, 11) is 0. The standard InChI is InChI=1S/C13H19BrN4O/c1-2-7-18-13(19)12(14)11(9-17-18)16-8-10-3-5-15-6-4-10/h2,9-10,15-16H,1,3-8H2. The van der Waals surface area contributed by atoms with Crippen molar-refractivity contribution in [3.05, 3.63) is 33.7 Å². The average Bonchev–Trinajstić information content (AvgIpc) is 2.44. The van der Waals surface area contributed by atoms with Gasteiger partial charge in [-0.25, -0.2) is 4.68 Å². The summed E-state index contributed by atoms with van der Waals surface area (Å²) in [5.41, 5.74) is 0.638. The molecule has 1 aromatic heterocycles. The van der Waals surface area contributed by atoms with Crippen LogP contribution in [0.4, 0.5) is 5.69 Å². The first-order valence-corrected chi connectivity index (χ1v) is 7.32. The lowest BCUT2D eigenvalue weighted by Gasteiger charge is -2.23. The third-order valence-electron chi connectivity index (χ3n) is 3.33. The second kappa shape index (κ2) is 6.86. The van der Waals surface area contributed by atoms with Gasteiger partial charge in [-0.3, -0.25) is 4.79 Å². The molecule has 1 aliphatic rings. The van der Waals surface area contributed by atoms with E-state index in [1.54, 1.807) is 12.3 Å². The van der Waals surface area contributed by atoms with E-state index in [2.05, 4.69) is 38.2 Å². The van der Waals surface area contributed by atoms with Crippen LogP contribution >= 0.6 is 15.9 Å². The molecule has 2 heterocycles. The van der Waals surface area contributed by atoms with Crippen LogP contribution in [0, 0.1) is 5.92 Å². The Hall–Kier alpha value is -1.14. The minimum absolute atomic E-state index is 0.129. The molecule has 0 aliphatic carbocycles. The van der Waals surface area contributed by atoms with Crippen molar-refractivity contribution >= 4 is 21.6 Å². The van der Waals surface area contributed by atoms with Gasteiger partial charge < -0.3 is 10.6 Å². The van der Waals surface area contributed by atoms with Crippen molar-refractivity contribution in [1.29, 1.82) is 0 Å². The van der Waals surface area contributed by atoms with Gasteiger partial charge in [0.1, 0.15) is 4.47 Å². The van der Waals surface area contributed by atoms with Crippen LogP contribution in [0.25, 0.3) is 0 Å². The Balaban J connectivity index is 2.02. The lowest BCUT2D eigenvalue weighted by atomic mass is 9.98. The number of hydrogen-bond acceptors (Lipinski definition) is 4. The van der Waals surface area contributed by atoms with Crippen LogP contribution in [0.2, 0.25) is 0 Å². The van der Waals surface area contributed by atoms with Crippen LogP contribution in [0.3, 0.4) is 0 Å². The molecule has 0 bridgehead atoms. The molecule has 0 amide bonds. The molecule has 19 heavy (non-hydrogen) atoms. The summed E-state index contributed by atoms with van der Waals surface area (Å²) in [6.45, 7) is 7.07. The van der Waals surface area contributed by atoms with Crippen LogP contribution < -0.4 is 16.2 Å². The first-order chi connectivity index (χ1) is 9.22. The number of hydrogen-bond donors (Lipinski definition) is 2. The number of halogens is 1. The van der Waals surface area contributed by atoms with Crippen molar-refractivity contribution in [2.24, 2.45) is 5.92 Å². The number of piperidine rings is 1. The smallest absolute Gasteiger partial charge is 0.283 e. The monoisotopic (exact) mass is 326 g/mol. The van der Waals surface area contributed by atoms with Gasteiger partial charge in [0.05, 0.1) is 18.4 Å². The third-order valence-corrected chi connectivity index (χ3v) is 4.09. The minimum Gasteiger partial charge on any atom is -0.382 e. The van der Waals surface area contributed by atoms with Gasteiger partial charge in [-0.1, -0.05) is 6.08 Å². The van der Waals surface area contributed by atoms with E-state index in [1.807, 2.05) is 0 Å². The lowest BCUT2D eigenvalue weighted by molar-refractivity contribution is 0.389. The van der Waals surface area contributed by atoms with E-state index in [-0.39, 0.29) is 5.56 Å². The molecule has 0 radical (unpaired) electrons. The fourth-order valence-corrected chi connectivity index (χ4v) is 2.63. The Labute approximate surface area is 121 Å². The van der Waals surface area contributed by atoms with Crippen molar-refractivity contribution in [2.75, 3.05) is 25.0 Å². The Bertz CT molecular complexity index is 494. The van der Waals surface area contributed by atoms with E-state index in [1.165, 1.54) is 17.5 Å². The molecule has 0 saturated carbocycles. The van der Waals surface area contributed by atoms with Crippen LogP contribution in [-0.4, -0.2) is 29.4 Å². The summed E-state index contributed by atoms with van der Waals surface area (Å²) in [6.07, 6.45) is 5.69. The highest BCUT2D eigenvalue weighted by molar-refractivity contribution is 9.10. The lowest BCUT2D eigenvalue weighted by Crippen LogP contribution is -2.31. The first kappa shape index (κ1) is 14.3. The predicted molar refractivity (Wildman–Crippen MR) is 80.5 cm³/mol. The molecule has 0 aromatic carbocycles. The second-order valence-corrected chi connectivity index (χ2v) is 5.52. The Morgan fingerprint density at radius 2 is 2.32 bits per heavy atom. The average molecular weight is 327 g/mol. The van der Waals surface area contributed by atoms with Crippen molar-refractivity contribution in [1.82, 2.24) is 15.1 Å². The highest BCUT2D eigenvalue weighted by Gasteiger charge is 2.14. The number of nitrogens with zero attached hydrogens (tertiary/aromatic N) is 2. The van der Waals surface area contributed by atoms with Gasteiger partial charge in [0.2, 0.25) is 0 Å². The fourth-order valence-electron chi connectivity index (χ4n) is 2.18. The number of nitrogens with one attached hydrogen (secondary N) is 2. The molecular weight excluding hydrogens is 308 g/mol. The topological polar surface area (TPSA) is 59.0 Å². The summed E-state index contributed by atoms with van der Waals surface area (Å²) >= 11 is 3.34. The SMILES string of the molecule is C=CCn1ncc(NCC2CCNCC2)c(Br)c1=O. The number of rotatable bonds is 5. The number of aromatic nitrogens is 2. The Kier molecular flexibility index (Phi) is 5.15. The van der Waals surface area contributed by atoms with E-state index in [4.69, 9.17) is 0 Å². The molecule has 104 valence electrons. The second-order valence-electron chi connectivity index (χ2n) is 4.72. The molecule has 6 heteroatoms. The highest BCUT2D eigenvalue weighted by Crippen LogP contribution is 2.18. The van der Waals surface area contributed by atoms with E-state index >= 15 is 0 Å². The molecule has 2 rings (SSSR count). The maximum Gasteiger partial charge on any atom is 0.283 e. The maximum absolute atomic E-state index is 12.0. The molecule has 0 unspecified atom stereocenters. The summed E-state index contributed by atoms with van der Waals surface area (Å²) in [5, 5.41) is 10.8. The van der Waals surface area contributed by atoms with E-state index in [9.17, 15) is 4.79 Å². The van der Waals surface area contributed by atoms with E-state index < -0.39 is 0 Å². The van der Waals surface area contributed by atoms with Crippen molar-refractivity contribution < 1.29 is 0 Å². The fraction of sp³-hybridized carbons (Fsp3) is 0.538. The predicted octanol–water partition coefficient (Wildman–Crippen LogP) is 1.60. The van der Waals surface area contributed by atoms with Crippen molar-refractivity contribution in [2.45, 2.75) is 19.4 Å². The van der Waals surface area contributed by atoms with Gasteiger partial charge in [0, 0.05) is 6.54 Å². The summed E-state index contributed by atoms with van der Waals surface area (Å²) in [5.74, 6) is 0.656. The quantitative estimate of drug-likeness (QED) is 0.807. The zero-order valence-electron chi connectivity index (χ0n) is 10.9. The van der Waals surface area contributed by atoms with Gasteiger partial charge in [0.25, 0.3) is 5.56 Å². The van der Waals surface area contributed by atoms with E-state index in [0.29, 0.717) is 16.9 Å². The highest BCUT2D eigenvalue weighted by atomic mass is 79.9. The summed E-state index contributed by atoms with van der Waals surface area (Å²) in [6, 6.07) is 0. The molecule has 0 spiro atoms. The van der Waals surface area contributed by atoms with Crippen LogP contribution in [-0.2, 0) is 6.54 Å². The zero-order chi connectivity index (χ0) is 13.7. The number of allylic oxidation sites excluding steroid dienone is 1. The van der Waals surface area contributed by atoms with Crippen LogP contribution in [0.1, 0.15) is 12.8 Å². The molecule has 1 fully saturated rings. The van der Waals surface area contributed by atoms with Gasteiger partial charge >= 0.3 is 0 Å². The van der Waals surface area contributed by atoms with Gasteiger partial charge in [0.15, 0.2) is 0 Å². The summed E-state index contributed by atoms with van der Waals surface area (Å²) < 4.78 is 1.92. The van der Waals surface area contributed by atoms with E-state index in [0.717, 1.165) is 25.3 Å². The molecule has 1 aliphatic heterocycles. The molecular formula is C13H19BrN4O. The molecule has 1 saturated heterocycles. The molecule has 1 aromatic rings. The minimum atomic E-state index is -0.129. The zero-order valence-corrected chi connectivity index (χ0v) is 12.4. The molecule has 0 atom stereocenters. The molecule has 5 nitrogen and oxygen atoms in total. The van der Waals surface area contributed by atoms with Gasteiger partial charge in [-0.05, 0) is 47.8 Å². The normalized spacial score (nSPS) is 16.3. The van der Waals surface area contributed by atoms with Gasteiger partial charge in [-0.2, -0.15) is 5.10 Å². The summed E-state index contributed by atoms with van der Waals surface area (Å²) in [4.78, 5) is 12.0. The maximum atomic E-state index is 12.0. The Morgan fingerprint density at radius 3 is 3.00 bits per heavy atom. The first-order valence-electron chi connectivity index (χ1n) is 6.53. The third kappa shape index (κ3) is 3.67. The van der Waals surface area contributed by atoms with Crippen molar-refractivity contribution in [3.63, 3.8) is 0 Å². The van der Waals surface area contributed by atoms with Gasteiger partial charge in [-0.15, -0.1) is 6.58 Å². The van der Waals surface area contributed by atoms with Crippen LogP contribution in [0.5, 0.6) is 0 Å². The van der Waals surface area contributed by atoms with Crippen molar-refractivity contribution in [3.8, 4) is 0 Å². The largest absolute Gasteiger partial charge is 0.382 e. The Morgan fingerprint density at radius 1 is 1.58 bits per heavy atom.